The van der Waals surface area contributed by atoms with Gasteiger partial charge in [0.2, 0.25) is 5.91 Å². The van der Waals surface area contributed by atoms with Crippen LogP contribution < -0.4 is 10.9 Å². The summed E-state index contributed by atoms with van der Waals surface area (Å²) in [5.74, 6) is -0.470. The van der Waals surface area contributed by atoms with E-state index in [0.717, 1.165) is 22.9 Å². The van der Waals surface area contributed by atoms with Crippen LogP contribution >= 0.6 is 0 Å². The summed E-state index contributed by atoms with van der Waals surface area (Å²) < 4.78 is 45.4. The first-order chi connectivity index (χ1) is 13.4. The zero-order valence-corrected chi connectivity index (χ0v) is 16.2. The molecule has 1 unspecified atom stereocenters. The minimum absolute atomic E-state index is 0.0197. The topological polar surface area (TPSA) is 93.5 Å². The van der Waals surface area contributed by atoms with Crippen LogP contribution in [-0.2, 0) is 22.3 Å². The number of aromatic nitrogens is 2. The van der Waals surface area contributed by atoms with Crippen LogP contribution in [0.2, 0.25) is 0 Å². The van der Waals surface area contributed by atoms with Gasteiger partial charge in [-0.25, -0.2) is 4.68 Å². The molecule has 1 fully saturated rings. The van der Waals surface area contributed by atoms with Gasteiger partial charge in [0.05, 0.1) is 28.3 Å². The number of carbonyl (C=O) groups excluding carboxylic acids is 1. The Morgan fingerprint density at radius 1 is 1.41 bits per heavy atom. The third-order valence-corrected chi connectivity index (χ3v) is 5.09. The molecule has 0 bridgehead atoms. The van der Waals surface area contributed by atoms with Crippen molar-refractivity contribution in [2.45, 2.75) is 57.2 Å². The van der Waals surface area contributed by atoms with E-state index < -0.39 is 41.5 Å². The number of ether oxygens (including phenoxy) is 1. The lowest BCUT2D eigenvalue weighted by atomic mass is 9.77. The molecule has 1 aliphatic rings. The number of nitrogens with one attached hydrogen (secondary N) is 1. The Kier molecular flexibility index (Phi) is 5.44. The van der Waals surface area contributed by atoms with Crippen LogP contribution in [0.4, 0.5) is 13.2 Å². The molecule has 0 spiro atoms. The summed E-state index contributed by atoms with van der Waals surface area (Å²) in [6.45, 7) is 2.86. The molecule has 0 saturated heterocycles. The molecule has 7 nitrogen and oxygen atoms in total. The molecular weight excluding hydrogens is 391 g/mol. The lowest BCUT2D eigenvalue weighted by molar-refractivity contribution is -0.137. The van der Waals surface area contributed by atoms with Gasteiger partial charge in [-0.05, 0) is 44.9 Å². The number of benzene rings is 1. The predicted octanol–water partition coefficient (Wildman–Crippen LogP) is 2.15. The summed E-state index contributed by atoms with van der Waals surface area (Å²) in [7, 11) is 1.37. The zero-order valence-electron chi connectivity index (χ0n) is 16.2. The fourth-order valence-electron chi connectivity index (χ4n) is 3.52. The highest BCUT2D eigenvalue weighted by atomic mass is 19.4. The van der Waals surface area contributed by atoms with E-state index in [1.807, 2.05) is 0 Å². The highest BCUT2D eigenvalue weighted by Crippen LogP contribution is 2.33. The van der Waals surface area contributed by atoms with Gasteiger partial charge in [-0.3, -0.25) is 9.59 Å². The number of rotatable bonds is 5. The second kappa shape index (κ2) is 7.42. The van der Waals surface area contributed by atoms with E-state index in [9.17, 15) is 27.9 Å². The number of nitrogens with zero attached hydrogens (tertiary/aromatic N) is 2. The summed E-state index contributed by atoms with van der Waals surface area (Å²) in [6, 6.07) is 2.59. The molecule has 10 heteroatoms. The minimum Gasteiger partial charge on any atom is -0.390 e. The van der Waals surface area contributed by atoms with Crippen molar-refractivity contribution in [1.29, 1.82) is 0 Å². The van der Waals surface area contributed by atoms with Gasteiger partial charge in [0.1, 0.15) is 6.54 Å². The Hall–Kier alpha value is -2.46. The quantitative estimate of drug-likeness (QED) is 0.784. The van der Waals surface area contributed by atoms with Gasteiger partial charge in [0, 0.05) is 18.5 Å². The van der Waals surface area contributed by atoms with Crippen LogP contribution in [0.3, 0.4) is 0 Å². The number of hydrogen-bond donors (Lipinski definition) is 2. The van der Waals surface area contributed by atoms with Gasteiger partial charge >= 0.3 is 6.18 Å². The number of aliphatic hydroxyl groups is 1. The molecule has 3 rings (SSSR count). The molecule has 1 saturated carbocycles. The van der Waals surface area contributed by atoms with Crippen molar-refractivity contribution in [3.05, 3.63) is 39.8 Å². The van der Waals surface area contributed by atoms with Gasteiger partial charge in [-0.1, -0.05) is 0 Å². The summed E-state index contributed by atoms with van der Waals surface area (Å²) in [5, 5.41) is 16.6. The molecule has 29 heavy (non-hydrogen) atoms. The van der Waals surface area contributed by atoms with E-state index in [2.05, 4.69) is 10.4 Å². The number of fused-ring (bicyclic) bond motifs is 1. The summed E-state index contributed by atoms with van der Waals surface area (Å²) in [5.41, 5.74) is -2.25. The summed E-state index contributed by atoms with van der Waals surface area (Å²) in [6.07, 6.45) is -4.45. The molecule has 2 aromatic rings. The fraction of sp³-hybridized carbons (Fsp3) is 0.526. The Morgan fingerprint density at radius 2 is 2.07 bits per heavy atom. The van der Waals surface area contributed by atoms with Gasteiger partial charge in [0.15, 0.2) is 0 Å². The van der Waals surface area contributed by atoms with Crippen molar-refractivity contribution < 1.29 is 27.8 Å². The normalized spacial score (nSPS) is 22.9. The number of alkyl halides is 3. The first-order valence-corrected chi connectivity index (χ1v) is 9.08. The Bertz CT molecular complexity index is 993. The molecule has 1 heterocycles. The van der Waals surface area contributed by atoms with E-state index in [4.69, 9.17) is 4.74 Å². The Balaban J connectivity index is 1.97. The van der Waals surface area contributed by atoms with Crippen LogP contribution in [0.1, 0.15) is 44.1 Å². The largest absolute Gasteiger partial charge is 0.416 e. The van der Waals surface area contributed by atoms with Crippen molar-refractivity contribution in [2.75, 3.05) is 7.11 Å². The SMILES string of the molecule is COC(C)c1nn(CC(=O)NC2CC(C)(O)C2)c(=O)c2ccc(C(F)(F)F)cc12. The number of amides is 1. The second-order valence-electron chi connectivity index (χ2n) is 7.65. The summed E-state index contributed by atoms with van der Waals surface area (Å²) in [4.78, 5) is 25.0. The molecular formula is C19H22F3N3O4. The van der Waals surface area contributed by atoms with Crippen molar-refractivity contribution >= 4 is 16.7 Å². The Morgan fingerprint density at radius 3 is 2.62 bits per heavy atom. The highest BCUT2D eigenvalue weighted by Gasteiger charge is 2.39. The van der Waals surface area contributed by atoms with Crippen LogP contribution in [0.25, 0.3) is 10.8 Å². The lowest BCUT2D eigenvalue weighted by Gasteiger charge is -2.41. The van der Waals surface area contributed by atoms with Crippen LogP contribution in [-0.4, -0.2) is 39.5 Å². The minimum atomic E-state index is -4.57. The molecule has 158 valence electrons. The molecule has 2 N–H and O–H groups in total. The average molecular weight is 413 g/mol. The molecule has 1 amide bonds. The maximum absolute atomic E-state index is 13.1. The van der Waals surface area contributed by atoms with Gasteiger partial charge in [-0.15, -0.1) is 0 Å². The van der Waals surface area contributed by atoms with Crippen molar-refractivity contribution in [1.82, 2.24) is 15.1 Å². The third kappa shape index (κ3) is 4.43. The van der Waals surface area contributed by atoms with Gasteiger partial charge in [0.25, 0.3) is 5.56 Å². The molecule has 1 aromatic carbocycles. The second-order valence-corrected chi connectivity index (χ2v) is 7.65. The van der Waals surface area contributed by atoms with Gasteiger partial charge < -0.3 is 15.2 Å². The first-order valence-electron chi connectivity index (χ1n) is 9.08. The molecule has 1 aliphatic carbocycles. The number of carbonyl (C=O) groups is 1. The molecule has 0 aliphatic heterocycles. The monoisotopic (exact) mass is 413 g/mol. The van der Waals surface area contributed by atoms with Crippen molar-refractivity contribution in [2.24, 2.45) is 0 Å². The van der Waals surface area contributed by atoms with E-state index in [1.54, 1.807) is 13.8 Å². The third-order valence-electron chi connectivity index (χ3n) is 5.09. The van der Waals surface area contributed by atoms with Crippen LogP contribution in [0.15, 0.2) is 23.0 Å². The Labute approximate surface area is 164 Å². The highest BCUT2D eigenvalue weighted by molar-refractivity contribution is 5.85. The van der Waals surface area contributed by atoms with E-state index >= 15 is 0 Å². The van der Waals surface area contributed by atoms with E-state index in [0.29, 0.717) is 12.8 Å². The zero-order chi connectivity index (χ0) is 21.6. The van der Waals surface area contributed by atoms with Gasteiger partial charge in [-0.2, -0.15) is 18.3 Å². The first kappa shape index (κ1) is 21.3. The van der Waals surface area contributed by atoms with Crippen LogP contribution in [0.5, 0.6) is 0 Å². The molecule has 1 atom stereocenters. The number of hydrogen-bond acceptors (Lipinski definition) is 5. The lowest BCUT2D eigenvalue weighted by Crippen LogP contribution is -2.54. The van der Waals surface area contributed by atoms with Crippen molar-refractivity contribution in [3.63, 3.8) is 0 Å². The fourth-order valence-corrected chi connectivity index (χ4v) is 3.52. The van der Waals surface area contributed by atoms with E-state index in [-0.39, 0.29) is 22.5 Å². The molecule has 1 aromatic heterocycles. The number of methoxy groups -OCH3 is 1. The van der Waals surface area contributed by atoms with E-state index in [1.165, 1.54) is 7.11 Å². The smallest absolute Gasteiger partial charge is 0.390 e. The standard InChI is InChI=1S/C19H22F3N3O4/c1-10(29-3)16-14-6-11(19(20,21)22)4-5-13(14)17(27)25(24-16)9-15(26)23-12-7-18(2,28)8-12/h4-6,10,12,28H,7-9H2,1-3H3,(H,23,26). The number of halogens is 3. The molecule has 0 radical (unpaired) electrons. The maximum Gasteiger partial charge on any atom is 0.416 e. The van der Waals surface area contributed by atoms with Crippen LogP contribution in [0, 0.1) is 0 Å². The summed E-state index contributed by atoms with van der Waals surface area (Å²) >= 11 is 0. The predicted molar refractivity (Wildman–Crippen MR) is 98.2 cm³/mol. The maximum atomic E-state index is 13.1. The average Bonchev–Trinajstić information content (AvgIpc) is 2.60. The van der Waals surface area contributed by atoms with Crippen molar-refractivity contribution in [3.8, 4) is 0 Å².